The number of hydrogen-bond acceptors (Lipinski definition) is 5. The molecule has 0 aliphatic rings. The molecule has 104 valence electrons. The highest BCUT2D eigenvalue weighted by atomic mass is 32.2. The van der Waals surface area contributed by atoms with Gasteiger partial charge in [-0.15, -0.1) is 11.3 Å². The SMILES string of the molecule is CCCNC(CCCS(C)(=O)=O)c1scnc1C. The number of nitrogens with one attached hydrogen (secondary N) is 1. The molecule has 0 fully saturated rings. The number of aryl methyl sites for hydroxylation is 1. The molecule has 0 saturated carbocycles. The molecule has 1 aromatic heterocycles. The molecule has 1 rings (SSSR count). The Morgan fingerprint density at radius 1 is 1.50 bits per heavy atom. The number of nitrogens with zero attached hydrogens (tertiary/aromatic N) is 1. The maximum atomic E-state index is 11.2. The molecule has 18 heavy (non-hydrogen) atoms. The zero-order valence-corrected chi connectivity index (χ0v) is 12.9. The van der Waals surface area contributed by atoms with Gasteiger partial charge in [0.15, 0.2) is 0 Å². The van der Waals surface area contributed by atoms with Gasteiger partial charge in [-0.2, -0.15) is 0 Å². The van der Waals surface area contributed by atoms with E-state index in [2.05, 4.69) is 17.2 Å². The molecule has 0 spiro atoms. The van der Waals surface area contributed by atoms with Crippen molar-refractivity contribution in [2.45, 2.75) is 39.2 Å². The first-order valence-electron chi connectivity index (χ1n) is 6.25. The van der Waals surface area contributed by atoms with Crippen molar-refractivity contribution in [2.24, 2.45) is 0 Å². The Hall–Kier alpha value is -0.460. The number of sulfone groups is 1. The summed E-state index contributed by atoms with van der Waals surface area (Å²) in [7, 11) is -2.86. The van der Waals surface area contributed by atoms with E-state index < -0.39 is 9.84 Å². The highest BCUT2D eigenvalue weighted by molar-refractivity contribution is 7.90. The van der Waals surface area contributed by atoms with E-state index in [9.17, 15) is 8.42 Å². The second-order valence-electron chi connectivity index (χ2n) is 4.58. The lowest BCUT2D eigenvalue weighted by molar-refractivity contribution is 0.496. The molecule has 4 nitrogen and oxygen atoms in total. The van der Waals surface area contributed by atoms with Crippen LogP contribution in [-0.2, 0) is 9.84 Å². The summed E-state index contributed by atoms with van der Waals surface area (Å²) in [6.45, 7) is 5.07. The van der Waals surface area contributed by atoms with Crippen LogP contribution in [-0.4, -0.2) is 32.0 Å². The van der Waals surface area contributed by atoms with E-state index in [-0.39, 0.29) is 11.8 Å². The average Bonchev–Trinajstić information content (AvgIpc) is 2.68. The van der Waals surface area contributed by atoms with E-state index in [1.807, 2.05) is 12.4 Å². The molecule has 0 saturated heterocycles. The van der Waals surface area contributed by atoms with Crippen molar-refractivity contribution in [3.05, 3.63) is 16.1 Å². The second kappa shape index (κ2) is 7.21. The lowest BCUT2D eigenvalue weighted by Gasteiger charge is -2.17. The maximum absolute atomic E-state index is 11.2. The van der Waals surface area contributed by atoms with Crippen LogP contribution in [0.15, 0.2) is 5.51 Å². The van der Waals surface area contributed by atoms with Gasteiger partial charge in [-0.25, -0.2) is 13.4 Å². The normalized spacial score (nSPS) is 13.7. The molecule has 1 unspecified atom stereocenters. The smallest absolute Gasteiger partial charge is 0.147 e. The van der Waals surface area contributed by atoms with Crippen LogP contribution in [0.3, 0.4) is 0 Å². The van der Waals surface area contributed by atoms with Crippen molar-refractivity contribution >= 4 is 21.2 Å². The van der Waals surface area contributed by atoms with Gasteiger partial charge in [0.05, 0.1) is 11.2 Å². The maximum Gasteiger partial charge on any atom is 0.147 e. The zero-order valence-electron chi connectivity index (χ0n) is 11.3. The first-order chi connectivity index (χ1) is 8.44. The third kappa shape index (κ3) is 5.46. The standard InChI is InChI=1S/C12H22N2O2S2/c1-4-7-13-11(6-5-8-18(3,15)16)12-10(2)14-9-17-12/h9,11,13H,4-8H2,1-3H3. The van der Waals surface area contributed by atoms with Crippen LogP contribution < -0.4 is 5.32 Å². The van der Waals surface area contributed by atoms with Gasteiger partial charge >= 0.3 is 0 Å². The molecule has 0 aliphatic heterocycles. The van der Waals surface area contributed by atoms with Crippen molar-refractivity contribution in [3.8, 4) is 0 Å². The summed E-state index contributed by atoms with van der Waals surface area (Å²) in [6.07, 6.45) is 3.90. The summed E-state index contributed by atoms with van der Waals surface area (Å²) in [4.78, 5) is 5.50. The van der Waals surface area contributed by atoms with Crippen molar-refractivity contribution in [3.63, 3.8) is 0 Å². The number of rotatable bonds is 8. The molecule has 0 bridgehead atoms. The Morgan fingerprint density at radius 3 is 2.72 bits per heavy atom. The summed E-state index contributed by atoms with van der Waals surface area (Å²) in [5.41, 5.74) is 2.90. The van der Waals surface area contributed by atoms with Gasteiger partial charge in [0.1, 0.15) is 9.84 Å². The van der Waals surface area contributed by atoms with Gasteiger partial charge in [-0.05, 0) is 32.7 Å². The highest BCUT2D eigenvalue weighted by Crippen LogP contribution is 2.25. The Kier molecular flexibility index (Phi) is 6.25. The number of aromatic nitrogens is 1. The highest BCUT2D eigenvalue weighted by Gasteiger charge is 2.16. The third-order valence-corrected chi connectivity index (χ3v) is 4.82. The van der Waals surface area contributed by atoms with E-state index in [0.29, 0.717) is 6.42 Å². The van der Waals surface area contributed by atoms with Gasteiger partial charge in [0.2, 0.25) is 0 Å². The Bertz CT molecular complexity index is 454. The molecule has 0 aliphatic carbocycles. The summed E-state index contributed by atoms with van der Waals surface area (Å²) >= 11 is 1.64. The van der Waals surface area contributed by atoms with Crippen molar-refractivity contribution in [1.82, 2.24) is 10.3 Å². The van der Waals surface area contributed by atoms with Crippen LogP contribution >= 0.6 is 11.3 Å². The molecule has 1 N–H and O–H groups in total. The lowest BCUT2D eigenvalue weighted by atomic mass is 10.1. The fourth-order valence-electron chi connectivity index (χ4n) is 1.84. The van der Waals surface area contributed by atoms with Gasteiger partial charge in [0, 0.05) is 22.9 Å². The zero-order chi connectivity index (χ0) is 13.6. The third-order valence-electron chi connectivity index (χ3n) is 2.75. The number of thiazole rings is 1. The summed E-state index contributed by atoms with van der Waals surface area (Å²) in [5, 5.41) is 3.47. The van der Waals surface area contributed by atoms with Crippen LogP contribution in [0.4, 0.5) is 0 Å². The monoisotopic (exact) mass is 290 g/mol. The molecule has 1 heterocycles. The first kappa shape index (κ1) is 15.6. The van der Waals surface area contributed by atoms with E-state index in [4.69, 9.17) is 0 Å². The fraction of sp³-hybridized carbons (Fsp3) is 0.750. The Morgan fingerprint density at radius 2 is 2.22 bits per heavy atom. The van der Waals surface area contributed by atoms with Gasteiger partial charge in [0.25, 0.3) is 0 Å². The van der Waals surface area contributed by atoms with Crippen LogP contribution in [0, 0.1) is 6.92 Å². The molecule has 0 aromatic carbocycles. The fourth-order valence-corrected chi connectivity index (χ4v) is 3.44. The summed E-state index contributed by atoms with van der Waals surface area (Å²) < 4.78 is 22.3. The van der Waals surface area contributed by atoms with E-state index in [0.717, 1.165) is 25.1 Å². The van der Waals surface area contributed by atoms with Gasteiger partial charge in [-0.1, -0.05) is 6.92 Å². The van der Waals surface area contributed by atoms with Crippen LogP contribution in [0.2, 0.25) is 0 Å². The van der Waals surface area contributed by atoms with E-state index in [1.54, 1.807) is 11.3 Å². The quantitative estimate of drug-likeness (QED) is 0.798. The van der Waals surface area contributed by atoms with Gasteiger partial charge < -0.3 is 5.32 Å². The van der Waals surface area contributed by atoms with Crippen LogP contribution in [0.1, 0.15) is 42.8 Å². The predicted molar refractivity (Wildman–Crippen MR) is 76.8 cm³/mol. The van der Waals surface area contributed by atoms with Crippen molar-refractivity contribution in [2.75, 3.05) is 18.6 Å². The molecular weight excluding hydrogens is 268 g/mol. The first-order valence-corrected chi connectivity index (χ1v) is 9.19. The van der Waals surface area contributed by atoms with E-state index >= 15 is 0 Å². The number of hydrogen-bond donors (Lipinski definition) is 1. The largest absolute Gasteiger partial charge is 0.309 e. The lowest BCUT2D eigenvalue weighted by Crippen LogP contribution is -2.22. The molecule has 1 atom stereocenters. The van der Waals surface area contributed by atoms with Crippen LogP contribution in [0.5, 0.6) is 0 Å². The molecule has 1 aromatic rings. The van der Waals surface area contributed by atoms with Gasteiger partial charge in [-0.3, -0.25) is 0 Å². The second-order valence-corrected chi connectivity index (χ2v) is 7.73. The minimum Gasteiger partial charge on any atom is -0.309 e. The minimum atomic E-state index is -2.86. The molecular formula is C12H22N2O2S2. The van der Waals surface area contributed by atoms with E-state index in [1.165, 1.54) is 11.1 Å². The molecule has 0 amide bonds. The minimum absolute atomic E-state index is 0.235. The Labute approximate surface area is 114 Å². The van der Waals surface area contributed by atoms with Crippen molar-refractivity contribution in [1.29, 1.82) is 0 Å². The molecule has 6 heteroatoms. The Balaban J connectivity index is 2.59. The average molecular weight is 290 g/mol. The predicted octanol–water partition coefficient (Wildman–Crippen LogP) is 2.32. The summed E-state index contributed by atoms with van der Waals surface area (Å²) in [5.74, 6) is 0.259. The van der Waals surface area contributed by atoms with Crippen LogP contribution in [0.25, 0.3) is 0 Å². The topological polar surface area (TPSA) is 59.1 Å². The van der Waals surface area contributed by atoms with Crippen molar-refractivity contribution < 1.29 is 8.42 Å². The summed E-state index contributed by atoms with van der Waals surface area (Å²) in [6, 6.07) is 0.235. The molecule has 0 radical (unpaired) electrons.